The van der Waals surface area contributed by atoms with Crippen molar-refractivity contribution in [1.29, 1.82) is 0 Å². The summed E-state index contributed by atoms with van der Waals surface area (Å²) in [4.78, 5) is 17.6. The van der Waals surface area contributed by atoms with Crippen molar-refractivity contribution in [3.63, 3.8) is 0 Å². The molecule has 4 aliphatic heterocycles. The third-order valence-corrected chi connectivity index (χ3v) is 13.1. The zero-order valence-electron chi connectivity index (χ0n) is 32.6. The molecular formula is C42H50Cl2F6N6S2. The van der Waals surface area contributed by atoms with Crippen molar-refractivity contribution in [1.82, 2.24) is 19.6 Å². The lowest BCUT2D eigenvalue weighted by Gasteiger charge is -2.35. The molecule has 0 amide bonds. The van der Waals surface area contributed by atoms with Gasteiger partial charge in [-0.05, 0) is 101 Å². The molecular weight excluding hydrogens is 838 g/mol. The van der Waals surface area contributed by atoms with Gasteiger partial charge in [-0.15, -0.1) is 24.8 Å². The second-order valence-corrected chi connectivity index (χ2v) is 17.0. The number of hydrogen-bond donors (Lipinski definition) is 0. The fourth-order valence-electron chi connectivity index (χ4n) is 7.54. The molecule has 0 spiro atoms. The van der Waals surface area contributed by atoms with E-state index < -0.39 is 23.5 Å². The SMILES string of the molecule is CN1CCN(CCCN2c3ccccc3Sc3ccc(C(F)(F)F)cc32)CC1.CN1CCN(CCCN2c3ccccc3Sc3ccc(C(F)(F)F)cc32)CC1.Cl.Cl. The van der Waals surface area contributed by atoms with Gasteiger partial charge in [0.05, 0.1) is 33.9 Å². The van der Waals surface area contributed by atoms with Gasteiger partial charge in [-0.2, -0.15) is 26.3 Å². The Kier molecular flexibility index (Phi) is 16.1. The predicted octanol–water partition coefficient (Wildman–Crippen LogP) is 10.7. The Bertz CT molecular complexity index is 1820. The number of rotatable bonds is 8. The fourth-order valence-corrected chi connectivity index (χ4v) is 9.69. The summed E-state index contributed by atoms with van der Waals surface area (Å²) in [6.45, 7) is 11.8. The molecule has 316 valence electrons. The molecule has 0 aromatic heterocycles. The first-order chi connectivity index (χ1) is 26.8. The molecule has 0 unspecified atom stereocenters. The number of nitrogens with zero attached hydrogens (tertiary/aromatic N) is 6. The van der Waals surface area contributed by atoms with Crippen molar-refractivity contribution in [2.45, 2.75) is 44.8 Å². The van der Waals surface area contributed by atoms with E-state index >= 15 is 0 Å². The quantitative estimate of drug-likeness (QED) is 0.161. The minimum Gasteiger partial charge on any atom is -0.340 e. The highest BCUT2D eigenvalue weighted by Gasteiger charge is 2.35. The maximum Gasteiger partial charge on any atom is 0.416 e. The Morgan fingerprint density at radius 2 is 0.793 bits per heavy atom. The molecule has 2 saturated heterocycles. The lowest BCUT2D eigenvalue weighted by molar-refractivity contribution is -0.138. The molecule has 0 atom stereocenters. The first kappa shape index (κ1) is 46.2. The third kappa shape index (κ3) is 11.3. The molecule has 0 bridgehead atoms. The van der Waals surface area contributed by atoms with Crippen LogP contribution >= 0.6 is 48.3 Å². The summed E-state index contributed by atoms with van der Waals surface area (Å²) in [6.07, 6.45) is -6.83. The lowest BCUT2D eigenvalue weighted by Crippen LogP contribution is -2.45. The van der Waals surface area contributed by atoms with Crippen molar-refractivity contribution in [3.8, 4) is 0 Å². The van der Waals surface area contributed by atoms with E-state index in [0.717, 1.165) is 109 Å². The van der Waals surface area contributed by atoms with Crippen molar-refractivity contribution >= 4 is 71.1 Å². The summed E-state index contributed by atoms with van der Waals surface area (Å²) in [7, 11) is 4.27. The van der Waals surface area contributed by atoms with Gasteiger partial charge in [0.1, 0.15) is 0 Å². The van der Waals surface area contributed by atoms with Crippen LogP contribution in [0.15, 0.2) is 105 Å². The average Bonchev–Trinajstić information content (AvgIpc) is 3.18. The van der Waals surface area contributed by atoms with Crippen LogP contribution in [0.25, 0.3) is 0 Å². The number of likely N-dealkylation sites (N-methyl/N-ethyl adjacent to an activating group) is 2. The van der Waals surface area contributed by atoms with Crippen LogP contribution in [0.5, 0.6) is 0 Å². The zero-order chi connectivity index (χ0) is 39.5. The highest BCUT2D eigenvalue weighted by molar-refractivity contribution is 8.00. The van der Waals surface area contributed by atoms with E-state index in [-0.39, 0.29) is 24.8 Å². The second kappa shape index (κ2) is 20.2. The van der Waals surface area contributed by atoms with Crippen LogP contribution in [0.4, 0.5) is 49.1 Å². The molecule has 16 heteroatoms. The first-order valence-corrected chi connectivity index (χ1v) is 20.8. The highest BCUT2D eigenvalue weighted by atomic mass is 35.5. The minimum atomic E-state index is -4.33. The van der Waals surface area contributed by atoms with E-state index in [1.54, 1.807) is 35.7 Å². The average molecular weight is 888 g/mol. The van der Waals surface area contributed by atoms with E-state index in [1.165, 1.54) is 24.3 Å². The summed E-state index contributed by atoms with van der Waals surface area (Å²) in [6, 6.07) is 24.1. The van der Waals surface area contributed by atoms with Crippen LogP contribution in [-0.4, -0.2) is 112 Å². The molecule has 0 aliphatic carbocycles. The Labute approximate surface area is 358 Å². The van der Waals surface area contributed by atoms with Gasteiger partial charge in [0.2, 0.25) is 0 Å². The van der Waals surface area contributed by atoms with Gasteiger partial charge < -0.3 is 29.4 Å². The molecule has 0 N–H and O–H groups in total. The number of para-hydroxylation sites is 2. The number of alkyl halides is 6. The van der Waals surface area contributed by atoms with Crippen molar-refractivity contribution in [3.05, 3.63) is 96.1 Å². The van der Waals surface area contributed by atoms with E-state index in [1.807, 2.05) is 48.5 Å². The van der Waals surface area contributed by atoms with E-state index in [4.69, 9.17) is 0 Å². The number of piperazine rings is 2. The number of hydrogen-bond acceptors (Lipinski definition) is 8. The van der Waals surface area contributed by atoms with Crippen LogP contribution in [0, 0.1) is 0 Å². The van der Waals surface area contributed by atoms with Gasteiger partial charge in [-0.3, -0.25) is 0 Å². The molecule has 4 aliphatic rings. The van der Waals surface area contributed by atoms with Crippen LogP contribution in [0.2, 0.25) is 0 Å². The van der Waals surface area contributed by atoms with Gasteiger partial charge in [-0.1, -0.05) is 47.8 Å². The number of halogens is 8. The Hall–Kier alpha value is -2.82. The smallest absolute Gasteiger partial charge is 0.340 e. The van der Waals surface area contributed by atoms with Crippen molar-refractivity contribution in [2.24, 2.45) is 0 Å². The maximum atomic E-state index is 13.3. The molecule has 4 heterocycles. The zero-order valence-corrected chi connectivity index (χ0v) is 35.8. The number of anilines is 4. The predicted molar refractivity (Wildman–Crippen MR) is 230 cm³/mol. The molecule has 0 saturated carbocycles. The monoisotopic (exact) mass is 886 g/mol. The fraction of sp³-hybridized carbons (Fsp3) is 0.429. The minimum absolute atomic E-state index is 0. The topological polar surface area (TPSA) is 19.4 Å². The molecule has 4 aromatic rings. The maximum absolute atomic E-state index is 13.3. The van der Waals surface area contributed by atoms with Gasteiger partial charge in [0.25, 0.3) is 0 Å². The van der Waals surface area contributed by atoms with Gasteiger partial charge >= 0.3 is 12.4 Å². The van der Waals surface area contributed by atoms with Crippen LogP contribution < -0.4 is 9.80 Å². The van der Waals surface area contributed by atoms with E-state index in [2.05, 4.69) is 43.5 Å². The van der Waals surface area contributed by atoms with Crippen LogP contribution in [0.1, 0.15) is 24.0 Å². The standard InChI is InChI=1S/2C21H24F3N3S.2ClH/c2*1-25-11-13-26(14-12-25)9-4-10-27-17-5-2-3-6-19(17)28-20-8-7-16(15-18(20)27)21(22,23)24;;/h2*2-3,5-8,15H,4,9-14H2,1H3;2*1H. The summed E-state index contributed by atoms with van der Waals surface area (Å²) < 4.78 is 79.6. The van der Waals surface area contributed by atoms with E-state index in [0.29, 0.717) is 24.5 Å². The Balaban J connectivity index is 0.000000214. The Morgan fingerprint density at radius 1 is 0.448 bits per heavy atom. The normalized spacial score (nSPS) is 17.4. The summed E-state index contributed by atoms with van der Waals surface area (Å²) in [5.74, 6) is 0. The summed E-state index contributed by atoms with van der Waals surface area (Å²) in [5.41, 5.74) is 2.15. The molecule has 8 rings (SSSR count). The lowest BCUT2D eigenvalue weighted by atomic mass is 10.1. The van der Waals surface area contributed by atoms with Crippen LogP contribution in [0.3, 0.4) is 0 Å². The molecule has 58 heavy (non-hydrogen) atoms. The first-order valence-electron chi connectivity index (χ1n) is 19.2. The largest absolute Gasteiger partial charge is 0.416 e. The number of fused-ring (bicyclic) bond motifs is 4. The molecule has 2 fully saturated rings. The van der Waals surface area contributed by atoms with Crippen molar-refractivity contribution < 1.29 is 26.3 Å². The van der Waals surface area contributed by atoms with Crippen molar-refractivity contribution in [2.75, 3.05) is 102 Å². The summed E-state index contributed by atoms with van der Waals surface area (Å²) in [5, 5.41) is 0. The van der Waals surface area contributed by atoms with E-state index in [9.17, 15) is 26.3 Å². The van der Waals surface area contributed by atoms with Crippen LogP contribution in [-0.2, 0) is 12.4 Å². The third-order valence-electron chi connectivity index (χ3n) is 10.8. The van der Waals surface area contributed by atoms with Gasteiger partial charge in [0, 0.05) is 85.0 Å². The molecule has 0 radical (unpaired) electrons. The second-order valence-electron chi connectivity index (χ2n) is 14.8. The van der Waals surface area contributed by atoms with Gasteiger partial charge in [0.15, 0.2) is 0 Å². The summed E-state index contributed by atoms with van der Waals surface area (Å²) >= 11 is 3.08. The van der Waals surface area contributed by atoms with Gasteiger partial charge in [-0.25, -0.2) is 0 Å². The Morgan fingerprint density at radius 3 is 1.16 bits per heavy atom. The number of benzene rings is 4. The molecule has 4 aromatic carbocycles. The highest BCUT2D eigenvalue weighted by Crippen LogP contribution is 2.51. The molecule has 6 nitrogen and oxygen atoms in total.